The largest absolute Gasteiger partial charge is 0.452 e. The summed E-state index contributed by atoms with van der Waals surface area (Å²) in [6.45, 7) is 1.41. The van der Waals surface area contributed by atoms with Crippen molar-refractivity contribution in [1.82, 2.24) is 9.88 Å². The van der Waals surface area contributed by atoms with Gasteiger partial charge in [0.05, 0.1) is 15.4 Å². The van der Waals surface area contributed by atoms with Crippen LogP contribution in [0.4, 0.5) is 5.69 Å². The smallest absolute Gasteiger partial charge is 0.338 e. The number of aromatic nitrogens is 1. The minimum Gasteiger partial charge on any atom is -0.452 e. The number of aryl methyl sites for hydroxylation is 1. The number of rotatable bonds is 6. The van der Waals surface area contributed by atoms with Crippen LogP contribution in [0.5, 0.6) is 0 Å². The van der Waals surface area contributed by atoms with Crippen LogP contribution in [0, 0.1) is 17.0 Å². The molecular formula is C15H15N3O5S2. The number of esters is 1. The van der Waals surface area contributed by atoms with E-state index >= 15 is 0 Å². The van der Waals surface area contributed by atoms with Gasteiger partial charge in [0.1, 0.15) is 0 Å². The van der Waals surface area contributed by atoms with Crippen molar-refractivity contribution in [2.45, 2.75) is 16.2 Å². The molecule has 1 amide bonds. The molecule has 0 atom stereocenters. The summed E-state index contributed by atoms with van der Waals surface area (Å²) >= 11 is 2.54. The molecule has 1 aromatic heterocycles. The van der Waals surface area contributed by atoms with Gasteiger partial charge in [0.2, 0.25) is 0 Å². The molecule has 1 heterocycles. The number of nitro benzene ring substituents is 1. The molecule has 0 aliphatic heterocycles. The second kappa shape index (κ2) is 8.08. The fourth-order valence-corrected chi connectivity index (χ4v) is 3.57. The van der Waals surface area contributed by atoms with Crippen molar-refractivity contribution in [1.29, 1.82) is 0 Å². The average Bonchev–Trinajstić information content (AvgIpc) is 2.97. The molecule has 132 valence electrons. The number of carbonyl (C=O) groups is 2. The van der Waals surface area contributed by atoms with E-state index in [1.165, 1.54) is 42.5 Å². The van der Waals surface area contributed by atoms with E-state index in [4.69, 9.17) is 4.74 Å². The van der Waals surface area contributed by atoms with Crippen LogP contribution >= 0.6 is 23.1 Å². The molecule has 0 unspecified atom stereocenters. The molecule has 2 aromatic rings. The Morgan fingerprint density at radius 2 is 2.12 bits per heavy atom. The van der Waals surface area contributed by atoms with Gasteiger partial charge in [0.15, 0.2) is 10.9 Å². The molecule has 0 aliphatic carbocycles. The van der Waals surface area contributed by atoms with Crippen LogP contribution in [0.1, 0.15) is 16.1 Å². The first-order chi connectivity index (χ1) is 11.8. The van der Waals surface area contributed by atoms with Crippen LogP contribution in [0.3, 0.4) is 0 Å². The van der Waals surface area contributed by atoms with Gasteiger partial charge in [-0.3, -0.25) is 14.9 Å². The standard InChI is InChI=1S/C15H15N3O5S2/c1-9-8-24-15(16-9)25-12-5-4-10(6-11(12)18(21)22)14(20)23-7-13(19)17(2)3/h4-6,8H,7H2,1-3H3. The second-order valence-electron chi connectivity index (χ2n) is 5.16. The quantitative estimate of drug-likeness (QED) is 0.430. The molecule has 10 heteroatoms. The number of likely N-dealkylation sites (N-methyl/N-ethyl adjacent to an activating group) is 1. The number of amides is 1. The van der Waals surface area contributed by atoms with Gasteiger partial charge >= 0.3 is 5.97 Å². The van der Waals surface area contributed by atoms with Gasteiger partial charge in [0.25, 0.3) is 11.6 Å². The molecule has 8 nitrogen and oxygen atoms in total. The van der Waals surface area contributed by atoms with Crippen LogP contribution in [0.15, 0.2) is 32.8 Å². The summed E-state index contributed by atoms with van der Waals surface area (Å²) in [5, 5.41) is 13.2. The van der Waals surface area contributed by atoms with Crippen molar-refractivity contribution < 1.29 is 19.2 Å². The highest BCUT2D eigenvalue weighted by Crippen LogP contribution is 2.36. The molecule has 1 aromatic carbocycles. The monoisotopic (exact) mass is 381 g/mol. The Balaban J connectivity index is 2.18. The third-order valence-corrected chi connectivity index (χ3v) is 5.13. The van der Waals surface area contributed by atoms with E-state index in [1.54, 1.807) is 0 Å². The van der Waals surface area contributed by atoms with Crippen molar-refractivity contribution >= 4 is 40.7 Å². The van der Waals surface area contributed by atoms with Gasteiger partial charge in [-0.15, -0.1) is 11.3 Å². The lowest BCUT2D eigenvalue weighted by molar-refractivity contribution is -0.387. The minimum absolute atomic E-state index is 0.0120. The lowest BCUT2D eigenvalue weighted by atomic mass is 10.2. The van der Waals surface area contributed by atoms with Gasteiger partial charge in [-0.05, 0) is 19.1 Å². The first kappa shape index (κ1) is 18.9. The van der Waals surface area contributed by atoms with Crippen molar-refractivity contribution in [2.75, 3.05) is 20.7 Å². The normalized spacial score (nSPS) is 10.4. The highest BCUT2D eigenvalue weighted by molar-refractivity contribution is 8.01. The van der Waals surface area contributed by atoms with E-state index in [-0.39, 0.29) is 17.2 Å². The number of hydrogen-bond acceptors (Lipinski definition) is 8. The lowest BCUT2D eigenvalue weighted by Crippen LogP contribution is -2.27. The zero-order valence-electron chi connectivity index (χ0n) is 13.7. The average molecular weight is 381 g/mol. The first-order valence-electron chi connectivity index (χ1n) is 7.03. The number of nitro groups is 1. The summed E-state index contributed by atoms with van der Waals surface area (Å²) in [5.41, 5.74) is 0.630. The van der Waals surface area contributed by atoms with E-state index in [0.29, 0.717) is 9.24 Å². The van der Waals surface area contributed by atoms with Gasteiger partial charge in [-0.25, -0.2) is 9.78 Å². The van der Waals surface area contributed by atoms with Crippen molar-refractivity contribution in [3.8, 4) is 0 Å². The topological polar surface area (TPSA) is 103 Å². The Bertz CT molecular complexity index is 819. The predicted octanol–water partition coefficient (Wildman–Crippen LogP) is 2.76. The molecule has 0 spiro atoms. The van der Waals surface area contributed by atoms with Gasteiger partial charge in [-0.1, -0.05) is 11.8 Å². The molecule has 0 aliphatic rings. The maximum absolute atomic E-state index is 12.0. The highest BCUT2D eigenvalue weighted by Gasteiger charge is 2.20. The Morgan fingerprint density at radius 3 is 2.68 bits per heavy atom. The molecule has 2 rings (SSSR count). The summed E-state index contributed by atoms with van der Waals surface area (Å²) in [5.74, 6) is -1.17. The number of carbonyl (C=O) groups excluding carboxylic acids is 2. The summed E-state index contributed by atoms with van der Waals surface area (Å²) in [7, 11) is 3.07. The van der Waals surface area contributed by atoms with E-state index in [2.05, 4.69) is 4.98 Å². The first-order valence-corrected chi connectivity index (χ1v) is 8.73. The summed E-state index contributed by atoms with van der Waals surface area (Å²) < 4.78 is 5.55. The lowest BCUT2D eigenvalue weighted by Gasteiger charge is -2.10. The van der Waals surface area contributed by atoms with E-state index < -0.39 is 17.5 Å². The SMILES string of the molecule is Cc1csc(Sc2ccc(C(=O)OCC(=O)N(C)C)cc2[N+](=O)[O-])n1. The molecule has 0 bridgehead atoms. The van der Waals surface area contributed by atoms with Crippen molar-refractivity contribution in [2.24, 2.45) is 0 Å². The molecule has 0 saturated heterocycles. The summed E-state index contributed by atoms with van der Waals surface area (Å²) in [6, 6.07) is 4.05. The van der Waals surface area contributed by atoms with Gasteiger partial charge < -0.3 is 9.64 Å². The van der Waals surface area contributed by atoms with Crippen LogP contribution in [0.2, 0.25) is 0 Å². The molecule has 0 fully saturated rings. The minimum atomic E-state index is -0.792. The van der Waals surface area contributed by atoms with E-state index in [0.717, 1.165) is 23.5 Å². The Hall–Kier alpha value is -2.46. The van der Waals surface area contributed by atoms with Gasteiger partial charge in [0, 0.05) is 31.2 Å². The molecule has 0 radical (unpaired) electrons. The van der Waals surface area contributed by atoms with E-state index in [9.17, 15) is 19.7 Å². The Morgan fingerprint density at radius 1 is 1.40 bits per heavy atom. The fraction of sp³-hybridized carbons (Fsp3) is 0.267. The molecule has 0 saturated carbocycles. The van der Waals surface area contributed by atoms with E-state index in [1.807, 2.05) is 12.3 Å². The number of benzene rings is 1. The highest BCUT2D eigenvalue weighted by atomic mass is 32.2. The number of thiazole rings is 1. The molecule has 25 heavy (non-hydrogen) atoms. The van der Waals surface area contributed by atoms with Crippen LogP contribution in [-0.2, 0) is 9.53 Å². The summed E-state index contributed by atoms with van der Waals surface area (Å²) in [4.78, 5) is 40.1. The van der Waals surface area contributed by atoms with Crippen LogP contribution < -0.4 is 0 Å². The van der Waals surface area contributed by atoms with Crippen molar-refractivity contribution in [3.63, 3.8) is 0 Å². The molecule has 0 N–H and O–H groups in total. The number of nitrogens with zero attached hydrogens (tertiary/aromatic N) is 3. The Labute approximate surface area is 152 Å². The zero-order valence-corrected chi connectivity index (χ0v) is 15.3. The van der Waals surface area contributed by atoms with Gasteiger partial charge in [-0.2, -0.15) is 0 Å². The van der Waals surface area contributed by atoms with Crippen LogP contribution in [0.25, 0.3) is 0 Å². The van der Waals surface area contributed by atoms with Crippen molar-refractivity contribution in [3.05, 3.63) is 45.0 Å². The maximum Gasteiger partial charge on any atom is 0.338 e. The maximum atomic E-state index is 12.0. The second-order valence-corrected chi connectivity index (χ2v) is 7.31. The third-order valence-electron chi connectivity index (χ3n) is 3.01. The fourth-order valence-electron chi connectivity index (χ4n) is 1.69. The molecular weight excluding hydrogens is 366 g/mol. The summed E-state index contributed by atoms with van der Waals surface area (Å²) in [6.07, 6.45) is 0. The number of ether oxygens (including phenoxy) is 1. The Kier molecular flexibility index (Phi) is 6.10. The third kappa shape index (κ3) is 5.00. The van der Waals surface area contributed by atoms with Crippen LogP contribution in [-0.4, -0.2) is 47.4 Å². The zero-order chi connectivity index (χ0) is 18.6. The number of hydrogen-bond donors (Lipinski definition) is 0. The predicted molar refractivity (Wildman–Crippen MR) is 93.0 cm³/mol.